The van der Waals surface area contributed by atoms with Gasteiger partial charge in [-0.2, -0.15) is 0 Å². The van der Waals surface area contributed by atoms with Gasteiger partial charge in [0, 0.05) is 24.4 Å². The summed E-state index contributed by atoms with van der Waals surface area (Å²) >= 11 is 0. The first kappa shape index (κ1) is 25.5. The molecule has 0 saturated heterocycles. The second kappa shape index (κ2) is 8.07. The van der Waals surface area contributed by atoms with Crippen molar-refractivity contribution in [3.63, 3.8) is 0 Å². The van der Waals surface area contributed by atoms with E-state index in [1.54, 1.807) is 0 Å². The average molecular weight is 384 g/mol. The van der Waals surface area contributed by atoms with Gasteiger partial charge in [0.05, 0.1) is 0 Å². The molecule has 0 saturated carbocycles. The Kier molecular flexibility index (Phi) is 8.56. The summed E-state index contributed by atoms with van der Waals surface area (Å²) in [6.07, 6.45) is 6.57. The molecule has 0 atom stereocenters. The quantitative estimate of drug-likeness (QED) is 0.209. The van der Waals surface area contributed by atoms with Gasteiger partial charge in [0.1, 0.15) is 12.1 Å². The maximum absolute atomic E-state index is 10.7. The molecule has 9 heteroatoms. The molecule has 0 aromatic heterocycles. The van der Waals surface area contributed by atoms with Gasteiger partial charge < -0.3 is 4.90 Å². The van der Waals surface area contributed by atoms with Gasteiger partial charge in [-0.05, 0) is 55.4 Å². The summed E-state index contributed by atoms with van der Waals surface area (Å²) in [4.78, 5) is 2.37. The number of hydrogen-bond donors (Lipinski definition) is 0. The van der Waals surface area contributed by atoms with Crippen LogP contribution < -0.4 is 0 Å². The second-order valence-electron chi connectivity index (χ2n) is 6.72. The Hall–Kier alpha value is -0.780. The van der Waals surface area contributed by atoms with Crippen LogP contribution in [0.4, 0.5) is 25.2 Å². The van der Waals surface area contributed by atoms with Crippen molar-refractivity contribution >= 4 is 14.0 Å². The molecular formula is C15H31F6N2P. The van der Waals surface area contributed by atoms with Crippen molar-refractivity contribution in [1.29, 1.82) is 0 Å². The summed E-state index contributed by atoms with van der Waals surface area (Å²) in [6.45, 7) is 17.8. The van der Waals surface area contributed by atoms with E-state index < -0.39 is 7.81 Å². The van der Waals surface area contributed by atoms with E-state index in [4.69, 9.17) is 0 Å². The van der Waals surface area contributed by atoms with Gasteiger partial charge in [-0.25, -0.2) is 4.58 Å². The van der Waals surface area contributed by atoms with Gasteiger partial charge in [-0.3, -0.25) is 0 Å². The van der Waals surface area contributed by atoms with E-state index in [-0.39, 0.29) is 0 Å². The van der Waals surface area contributed by atoms with Crippen molar-refractivity contribution in [2.45, 2.75) is 79.6 Å². The fourth-order valence-electron chi connectivity index (χ4n) is 2.12. The zero-order valence-corrected chi connectivity index (χ0v) is 16.5. The van der Waals surface area contributed by atoms with Crippen LogP contribution in [0.1, 0.15) is 55.4 Å². The first-order valence-electron chi connectivity index (χ1n) is 7.85. The Bertz CT molecular complexity index is 406. The summed E-state index contributed by atoms with van der Waals surface area (Å²) in [6, 6.07) is 2.19. The first-order valence-corrected chi connectivity index (χ1v) is 9.88. The van der Waals surface area contributed by atoms with Crippen molar-refractivity contribution in [2.24, 2.45) is 0 Å². The van der Waals surface area contributed by atoms with Crippen molar-refractivity contribution in [2.75, 3.05) is 0 Å². The van der Waals surface area contributed by atoms with Crippen LogP contribution in [0.25, 0.3) is 0 Å². The van der Waals surface area contributed by atoms with E-state index in [2.05, 4.69) is 83.4 Å². The molecule has 0 aromatic carbocycles. The Morgan fingerprint density at radius 3 is 1.21 bits per heavy atom. The molecule has 24 heavy (non-hydrogen) atoms. The van der Waals surface area contributed by atoms with Crippen LogP contribution in [0.2, 0.25) is 0 Å². The van der Waals surface area contributed by atoms with Gasteiger partial charge in [0.2, 0.25) is 0 Å². The first-order chi connectivity index (χ1) is 10.2. The Morgan fingerprint density at radius 1 is 0.708 bits per heavy atom. The van der Waals surface area contributed by atoms with Crippen molar-refractivity contribution in [1.82, 2.24) is 4.90 Å². The fourth-order valence-corrected chi connectivity index (χ4v) is 2.12. The minimum absolute atomic E-state index is 0.547. The van der Waals surface area contributed by atoms with E-state index in [0.29, 0.717) is 24.2 Å². The summed E-state index contributed by atoms with van der Waals surface area (Å²) in [7, 11) is -10.7. The molecule has 0 aliphatic carbocycles. The van der Waals surface area contributed by atoms with Crippen LogP contribution >= 0.6 is 7.81 Å². The summed E-state index contributed by atoms with van der Waals surface area (Å²) in [5, 5.41) is 0. The predicted octanol–water partition coefficient (Wildman–Crippen LogP) is 6.90. The van der Waals surface area contributed by atoms with Crippen LogP contribution in [-0.4, -0.2) is 39.9 Å². The van der Waals surface area contributed by atoms with E-state index in [0.717, 1.165) is 0 Å². The van der Waals surface area contributed by atoms with Crippen LogP contribution in [0.3, 0.4) is 0 Å². The van der Waals surface area contributed by atoms with E-state index in [1.165, 1.54) is 0 Å². The third-order valence-electron chi connectivity index (χ3n) is 2.90. The molecule has 148 valence electrons. The fraction of sp³-hybridized carbons (Fsp3) is 0.800. The second-order valence-corrected chi connectivity index (χ2v) is 8.63. The number of rotatable bonds is 6. The van der Waals surface area contributed by atoms with E-state index in [1.807, 2.05) is 0 Å². The number of nitrogens with zero attached hydrogens (tertiary/aromatic N) is 2. The van der Waals surface area contributed by atoms with Gasteiger partial charge in [0.25, 0.3) is 0 Å². The molecule has 0 bridgehead atoms. The Morgan fingerprint density at radius 2 is 1.00 bits per heavy atom. The SMILES string of the molecule is CC(C)N(/C=C/C=[N+](C(C)C)C(C)C)C(C)C.F[P-](F)(F)(F)(F)F. The van der Waals surface area contributed by atoms with Crippen molar-refractivity contribution in [3.05, 3.63) is 12.3 Å². The molecule has 0 aliphatic heterocycles. The third kappa shape index (κ3) is 19.3. The zero-order valence-electron chi connectivity index (χ0n) is 15.7. The Balaban J connectivity index is 0. The topological polar surface area (TPSA) is 6.25 Å². The number of allylic oxidation sites excluding steroid dienone is 1. The molecule has 0 aliphatic rings. The molecule has 0 amide bonds. The average Bonchev–Trinajstić information content (AvgIpc) is 2.21. The van der Waals surface area contributed by atoms with Gasteiger partial charge >= 0.3 is 33.0 Å². The molecule has 0 aromatic rings. The molecule has 0 N–H and O–H groups in total. The molecule has 2 nitrogen and oxygen atoms in total. The molecule has 0 spiro atoms. The molecule has 0 heterocycles. The van der Waals surface area contributed by atoms with Gasteiger partial charge in [-0.15, -0.1) is 0 Å². The molecular weight excluding hydrogens is 353 g/mol. The monoisotopic (exact) mass is 384 g/mol. The normalized spacial score (nSPS) is 15.4. The molecule has 0 unspecified atom stereocenters. The van der Waals surface area contributed by atoms with E-state index >= 15 is 0 Å². The van der Waals surface area contributed by atoms with Crippen LogP contribution in [0, 0.1) is 0 Å². The minimum atomic E-state index is -10.7. The predicted molar refractivity (Wildman–Crippen MR) is 91.4 cm³/mol. The van der Waals surface area contributed by atoms with Crippen molar-refractivity contribution < 1.29 is 29.8 Å². The molecule has 0 radical (unpaired) electrons. The van der Waals surface area contributed by atoms with Crippen molar-refractivity contribution in [3.8, 4) is 0 Å². The van der Waals surface area contributed by atoms with Crippen LogP contribution in [0.15, 0.2) is 12.3 Å². The van der Waals surface area contributed by atoms with Crippen LogP contribution in [0.5, 0.6) is 0 Å². The molecule has 0 rings (SSSR count). The maximum atomic E-state index is 9.87. The number of hydrogen-bond acceptors (Lipinski definition) is 1. The van der Waals surface area contributed by atoms with Gasteiger partial charge in [0.15, 0.2) is 6.21 Å². The third-order valence-corrected chi connectivity index (χ3v) is 2.90. The number of halogens is 6. The summed E-state index contributed by atoms with van der Waals surface area (Å²) in [5.41, 5.74) is 0. The summed E-state index contributed by atoms with van der Waals surface area (Å²) in [5.74, 6) is 0. The Labute approximate surface area is 141 Å². The molecule has 0 fully saturated rings. The standard InChI is InChI=1S/C15H31N2.F6P/c1-12(2)16(13(3)4)10-9-11-17(14(5)6)15(7)8;1-7(2,3,4,5)6/h9-15H,1-8H3;/q+1;-1. The van der Waals surface area contributed by atoms with Crippen LogP contribution in [-0.2, 0) is 0 Å². The van der Waals surface area contributed by atoms with E-state index in [9.17, 15) is 25.2 Å². The summed E-state index contributed by atoms with van der Waals surface area (Å²) < 4.78 is 61.6. The van der Waals surface area contributed by atoms with Gasteiger partial charge in [-0.1, -0.05) is 0 Å². The zero-order chi connectivity index (χ0) is 20.0.